The van der Waals surface area contributed by atoms with Gasteiger partial charge < -0.3 is 19.9 Å². The van der Waals surface area contributed by atoms with Crippen LogP contribution >= 0.6 is 0 Å². The maximum atomic E-state index is 13.5. The van der Waals surface area contributed by atoms with Crippen molar-refractivity contribution in [3.05, 3.63) is 0 Å². The molecule has 0 aromatic carbocycles. The summed E-state index contributed by atoms with van der Waals surface area (Å²) in [6.07, 6.45) is 3.58. The number of nitrogens with one attached hydrogen (secondary N) is 1. The molecular formula is C25H45N3O4. The first-order valence-electron chi connectivity index (χ1n) is 12.6. The molecule has 2 saturated heterocycles. The summed E-state index contributed by atoms with van der Waals surface area (Å²) in [5.74, 6) is 1.04. The lowest BCUT2D eigenvalue weighted by Crippen LogP contribution is -2.62. The van der Waals surface area contributed by atoms with Gasteiger partial charge in [0.1, 0.15) is 6.04 Å². The van der Waals surface area contributed by atoms with Crippen LogP contribution in [-0.4, -0.2) is 72.5 Å². The Labute approximate surface area is 194 Å². The predicted octanol–water partition coefficient (Wildman–Crippen LogP) is 3.08. The highest BCUT2D eigenvalue weighted by molar-refractivity contribution is 5.90. The number of esters is 1. The Hall–Kier alpha value is -1.63. The molecule has 2 amide bonds. The summed E-state index contributed by atoms with van der Waals surface area (Å²) in [6, 6.07) is -0.633. The second kappa shape index (κ2) is 12.6. The number of piperidine rings is 1. The smallest absolute Gasteiger partial charge is 0.309 e. The van der Waals surface area contributed by atoms with Crippen LogP contribution in [-0.2, 0) is 19.1 Å². The number of amides is 2. The molecule has 184 valence electrons. The normalized spacial score (nSPS) is 21.5. The Balaban J connectivity index is 1.98. The van der Waals surface area contributed by atoms with Crippen molar-refractivity contribution in [2.75, 3.05) is 32.8 Å². The summed E-state index contributed by atoms with van der Waals surface area (Å²) in [5, 5.41) is 3.33. The molecule has 7 nitrogen and oxygen atoms in total. The lowest BCUT2D eigenvalue weighted by atomic mass is 9.93. The maximum Gasteiger partial charge on any atom is 0.309 e. The fraction of sp³-hybridized carbons (Fsp3) is 0.880. The zero-order chi connectivity index (χ0) is 23.8. The van der Waals surface area contributed by atoms with Crippen LogP contribution in [0.2, 0.25) is 0 Å². The topological polar surface area (TPSA) is 79.0 Å². The molecular weight excluding hydrogens is 406 g/mol. The van der Waals surface area contributed by atoms with E-state index in [1.807, 2.05) is 9.80 Å². The number of hydrogen-bond acceptors (Lipinski definition) is 5. The van der Waals surface area contributed by atoms with E-state index in [9.17, 15) is 14.4 Å². The summed E-state index contributed by atoms with van der Waals surface area (Å²) < 4.78 is 5.44. The molecule has 7 heteroatoms. The van der Waals surface area contributed by atoms with Crippen molar-refractivity contribution in [2.45, 2.75) is 85.7 Å². The molecule has 32 heavy (non-hydrogen) atoms. The SMILES string of the molecule is CC(C)CCOC(=O)C1CCN(C(=O)[C@H](CC(C)C)N2CCN[C@@H](CC(C)C)C2=O)CC1. The van der Waals surface area contributed by atoms with Crippen molar-refractivity contribution in [3.63, 3.8) is 0 Å². The van der Waals surface area contributed by atoms with E-state index >= 15 is 0 Å². The second-order valence-electron chi connectivity index (χ2n) is 10.8. The summed E-state index contributed by atoms with van der Waals surface area (Å²) in [7, 11) is 0. The minimum atomic E-state index is -0.422. The quantitative estimate of drug-likeness (QED) is 0.517. The molecule has 0 aromatic heterocycles. The number of rotatable bonds is 10. The van der Waals surface area contributed by atoms with E-state index < -0.39 is 6.04 Å². The highest BCUT2D eigenvalue weighted by Crippen LogP contribution is 2.24. The minimum absolute atomic E-state index is 0.0314. The maximum absolute atomic E-state index is 13.5. The molecule has 2 atom stereocenters. The van der Waals surface area contributed by atoms with E-state index in [1.165, 1.54) is 0 Å². The van der Waals surface area contributed by atoms with E-state index in [0.717, 1.165) is 19.4 Å². The van der Waals surface area contributed by atoms with Crippen molar-refractivity contribution < 1.29 is 19.1 Å². The Morgan fingerprint density at radius 1 is 1.00 bits per heavy atom. The first-order valence-corrected chi connectivity index (χ1v) is 12.6. The lowest BCUT2D eigenvalue weighted by molar-refractivity contribution is -0.154. The Morgan fingerprint density at radius 3 is 2.22 bits per heavy atom. The second-order valence-corrected chi connectivity index (χ2v) is 10.8. The number of ether oxygens (including phenoxy) is 1. The van der Waals surface area contributed by atoms with Gasteiger partial charge in [-0.15, -0.1) is 0 Å². The van der Waals surface area contributed by atoms with E-state index in [-0.39, 0.29) is 29.7 Å². The van der Waals surface area contributed by atoms with Crippen LogP contribution in [0.1, 0.15) is 73.6 Å². The van der Waals surface area contributed by atoms with Crippen LogP contribution in [0.3, 0.4) is 0 Å². The van der Waals surface area contributed by atoms with E-state index in [1.54, 1.807) is 0 Å². The molecule has 0 saturated carbocycles. The molecule has 2 aliphatic rings. The van der Waals surface area contributed by atoms with Crippen molar-refractivity contribution in [1.82, 2.24) is 15.1 Å². The van der Waals surface area contributed by atoms with Crippen LogP contribution in [0.4, 0.5) is 0 Å². The zero-order valence-electron chi connectivity index (χ0n) is 21.1. The number of likely N-dealkylation sites (tertiary alicyclic amines) is 1. The van der Waals surface area contributed by atoms with Crippen LogP contribution < -0.4 is 5.32 Å². The summed E-state index contributed by atoms with van der Waals surface area (Å²) in [6.45, 7) is 15.5. The van der Waals surface area contributed by atoms with Gasteiger partial charge in [0, 0.05) is 26.2 Å². The fourth-order valence-electron chi connectivity index (χ4n) is 4.59. The number of piperazine rings is 1. The Bertz CT molecular complexity index is 627. The van der Waals surface area contributed by atoms with Gasteiger partial charge in [-0.25, -0.2) is 0 Å². The fourth-order valence-corrected chi connectivity index (χ4v) is 4.59. The molecule has 0 aromatic rings. The molecule has 2 heterocycles. The van der Waals surface area contributed by atoms with E-state index in [4.69, 9.17) is 4.74 Å². The van der Waals surface area contributed by atoms with Gasteiger partial charge in [-0.05, 0) is 49.9 Å². The third-order valence-electron chi connectivity index (χ3n) is 6.47. The standard InChI is InChI=1S/C25H45N3O4/c1-17(2)9-14-32-25(31)20-7-11-27(12-8-20)24(30)22(16-19(5)6)28-13-10-26-21(23(28)29)15-18(3)4/h17-22,26H,7-16H2,1-6H3/t21-,22-/m0/s1. The zero-order valence-corrected chi connectivity index (χ0v) is 21.1. The largest absolute Gasteiger partial charge is 0.465 e. The number of carbonyl (C=O) groups excluding carboxylic acids is 3. The Kier molecular flexibility index (Phi) is 10.5. The molecule has 2 aliphatic heterocycles. The summed E-state index contributed by atoms with van der Waals surface area (Å²) in [5.41, 5.74) is 0. The third kappa shape index (κ3) is 7.75. The average molecular weight is 452 g/mol. The van der Waals surface area contributed by atoms with Gasteiger partial charge in [0.25, 0.3) is 0 Å². The van der Waals surface area contributed by atoms with Crippen LogP contribution in [0, 0.1) is 23.7 Å². The van der Waals surface area contributed by atoms with Crippen LogP contribution in [0.15, 0.2) is 0 Å². The highest BCUT2D eigenvalue weighted by atomic mass is 16.5. The molecule has 0 spiro atoms. The molecule has 1 N–H and O–H groups in total. The number of nitrogens with zero attached hydrogens (tertiary/aromatic N) is 2. The average Bonchev–Trinajstić information content (AvgIpc) is 2.72. The molecule has 0 aliphatic carbocycles. The van der Waals surface area contributed by atoms with Crippen molar-refractivity contribution in [1.29, 1.82) is 0 Å². The first-order chi connectivity index (χ1) is 15.1. The van der Waals surface area contributed by atoms with Crippen molar-refractivity contribution in [3.8, 4) is 0 Å². The lowest BCUT2D eigenvalue weighted by Gasteiger charge is -2.42. The van der Waals surface area contributed by atoms with Crippen molar-refractivity contribution >= 4 is 17.8 Å². The Morgan fingerprint density at radius 2 is 1.66 bits per heavy atom. The molecule has 2 fully saturated rings. The van der Waals surface area contributed by atoms with Gasteiger partial charge in [0.2, 0.25) is 11.8 Å². The summed E-state index contributed by atoms with van der Waals surface area (Å²) >= 11 is 0. The third-order valence-corrected chi connectivity index (χ3v) is 6.47. The first kappa shape index (κ1) is 26.6. The van der Waals surface area contributed by atoms with Crippen molar-refractivity contribution in [2.24, 2.45) is 23.7 Å². The van der Waals surface area contributed by atoms with Gasteiger partial charge in [-0.3, -0.25) is 14.4 Å². The highest BCUT2D eigenvalue weighted by Gasteiger charge is 2.39. The molecule has 0 bridgehead atoms. The summed E-state index contributed by atoms with van der Waals surface area (Å²) in [4.78, 5) is 42.8. The van der Waals surface area contributed by atoms with Gasteiger partial charge in [0.15, 0.2) is 0 Å². The van der Waals surface area contributed by atoms with Crippen LogP contribution in [0.5, 0.6) is 0 Å². The van der Waals surface area contributed by atoms with Gasteiger partial charge in [-0.1, -0.05) is 41.5 Å². The van der Waals surface area contributed by atoms with Gasteiger partial charge in [-0.2, -0.15) is 0 Å². The predicted molar refractivity (Wildman–Crippen MR) is 126 cm³/mol. The number of hydrogen-bond donors (Lipinski definition) is 1. The van der Waals surface area contributed by atoms with Gasteiger partial charge >= 0.3 is 5.97 Å². The van der Waals surface area contributed by atoms with E-state index in [2.05, 4.69) is 46.9 Å². The van der Waals surface area contributed by atoms with Gasteiger partial charge in [0.05, 0.1) is 18.6 Å². The molecule has 2 rings (SSSR count). The van der Waals surface area contributed by atoms with E-state index in [0.29, 0.717) is 63.3 Å². The minimum Gasteiger partial charge on any atom is -0.465 e. The molecule has 0 unspecified atom stereocenters. The monoisotopic (exact) mass is 451 g/mol. The number of carbonyl (C=O) groups is 3. The van der Waals surface area contributed by atoms with Crippen LogP contribution in [0.25, 0.3) is 0 Å². The molecule has 0 radical (unpaired) electrons.